The second kappa shape index (κ2) is 19.2. The second-order valence-electron chi connectivity index (χ2n) is 20.9. The van der Waals surface area contributed by atoms with Crippen molar-refractivity contribution in [2.75, 3.05) is 92.9 Å². The lowest BCUT2D eigenvalue weighted by molar-refractivity contribution is -0.137. The van der Waals surface area contributed by atoms with Gasteiger partial charge in [-0.25, -0.2) is 38.2 Å². The standard InChI is InChI=1S/C49H61F2N15O6/c1-48(2,3)66-45-38(43(52)55-27-56-45)39(59-66)40-37(42(72-60-40)28-6-7-28)44-53-24-31(25-54-44)61-14-16-64(17-15-61)47(70)71-26-36(68)62-18-20-65(21-19-62)49(4,5)29-10-12-63(13-11-29)41-32(50)22-30(23-33(41)51)57-34-8-9-35(67)58-46(34)69/h22-25,27-29,34,57H,6-21,26H2,1-5H3,(H2,52,55,56)(H,58,67,69)/t34-/m0/s1. The Morgan fingerprint density at radius 3 is 2.14 bits per heavy atom. The van der Waals surface area contributed by atoms with Crippen LogP contribution in [-0.2, 0) is 24.7 Å². The number of hydrogen-bond acceptors (Lipinski definition) is 17. The minimum atomic E-state index is -0.751. The number of nitrogens with zero attached hydrogens (tertiary/aromatic N) is 12. The van der Waals surface area contributed by atoms with Gasteiger partial charge in [0.25, 0.3) is 5.91 Å². The Morgan fingerprint density at radius 1 is 0.833 bits per heavy atom. The maximum absolute atomic E-state index is 15.4. The Labute approximate surface area is 414 Å². The molecule has 4 aliphatic heterocycles. The van der Waals surface area contributed by atoms with Crippen molar-refractivity contribution in [3.8, 4) is 22.8 Å². The zero-order valence-electron chi connectivity index (χ0n) is 41.3. The van der Waals surface area contributed by atoms with Gasteiger partial charge in [0.1, 0.15) is 35.3 Å². The molecule has 0 bridgehead atoms. The first-order valence-electron chi connectivity index (χ1n) is 24.8. The predicted molar refractivity (Wildman–Crippen MR) is 262 cm³/mol. The van der Waals surface area contributed by atoms with Gasteiger partial charge in [-0.1, -0.05) is 5.16 Å². The van der Waals surface area contributed by atoms with Gasteiger partial charge in [-0.2, -0.15) is 5.10 Å². The number of imide groups is 1. The fraction of sp³-hybridized carbons (Fsp3) is 0.551. The van der Waals surface area contributed by atoms with Crippen molar-refractivity contribution in [3.05, 3.63) is 48.2 Å². The van der Waals surface area contributed by atoms with Gasteiger partial charge < -0.3 is 39.9 Å². The summed E-state index contributed by atoms with van der Waals surface area (Å²) in [5.74, 6) is -0.687. The van der Waals surface area contributed by atoms with Crippen LogP contribution in [0.5, 0.6) is 0 Å². The number of carbonyl (C=O) groups is 4. The summed E-state index contributed by atoms with van der Waals surface area (Å²) >= 11 is 0. The number of halogens is 2. The summed E-state index contributed by atoms with van der Waals surface area (Å²) in [5, 5.41) is 15.1. The molecule has 72 heavy (non-hydrogen) atoms. The Balaban J connectivity index is 0.683. The molecule has 4 amide bonds. The number of piperazine rings is 2. The molecular weight excluding hydrogens is 933 g/mol. The highest BCUT2D eigenvalue weighted by atomic mass is 19.1. The highest BCUT2D eigenvalue weighted by Gasteiger charge is 2.41. The minimum absolute atomic E-state index is 0.0896. The van der Waals surface area contributed by atoms with Crippen LogP contribution in [0.4, 0.5) is 36.5 Å². The molecule has 8 heterocycles. The van der Waals surface area contributed by atoms with Crippen molar-refractivity contribution < 1.29 is 37.2 Å². The van der Waals surface area contributed by atoms with Gasteiger partial charge in [0.05, 0.1) is 34.6 Å². The summed E-state index contributed by atoms with van der Waals surface area (Å²) in [4.78, 5) is 78.1. The Hall–Kier alpha value is -7.04. The highest BCUT2D eigenvalue weighted by Crippen LogP contribution is 2.48. The van der Waals surface area contributed by atoms with Crippen molar-refractivity contribution >= 4 is 57.7 Å². The maximum Gasteiger partial charge on any atom is 0.410 e. The summed E-state index contributed by atoms with van der Waals surface area (Å²) in [7, 11) is 0. The van der Waals surface area contributed by atoms with Crippen LogP contribution in [0, 0.1) is 17.6 Å². The quantitative estimate of drug-likeness (QED) is 0.151. The summed E-state index contributed by atoms with van der Waals surface area (Å²) in [6.07, 6.45) is 8.16. The number of fused-ring (bicyclic) bond motifs is 1. The molecule has 5 aromatic rings. The van der Waals surface area contributed by atoms with Crippen molar-refractivity contribution in [3.63, 3.8) is 0 Å². The van der Waals surface area contributed by atoms with Crippen LogP contribution >= 0.6 is 0 Å². The third-order valence-corrected chi connectivity index (χ3v) is 15.0. The van der Waals surface area contributed by atoms with Gasteiger partial charge >= 0.3 is 6.09 Å². The normalized spacial score (nSPS) is 19.8. The fourth-order valence-electron chi connectivity index (χ4n) is 10.6. The average molecular weight is 994 g/mol. The number of nitrogens with two attached hydrogens (primary N) is 1. The molecule has 21 nitrogen and oxygen atoms in total. The number of carbonyl (C=O) groups excluding carboxylic acids is 4. The van der Waals surface area contributed by atoms with Crippen LogP contribution in [0.1, 0.15) is 84.8 Å². The zero-order valence-corrected chi connectivity index (χ0v) is 41.3. The molecule has 0 spiro atoms. The number of nitrogens with one attached hydrogen (secondary N) is 2. The van der Waals surface area contributed by atoms with E-state index in [1.165, 1.54) is 18.5 Å². The molecule has 23 heteroatoms. The van der Waals surface area contributed by atoms with E-state index in [2.05, 4.69) is 49.4 Å². The lowest BCUT2D eigenvalue weighted by Crippen LogP contribution is -2.60. The number of nitrogen functional groups attached to an aromatic ring is 1. The van der Waals surface area contributed by atoms with Crippen molar-refractivity contribution in [1.82, 2.24) is 54.9 Å². The Bertz CT molecular complexity index is 2850. The highest BCUT2D eigenvalue weighted by molar-refractivity contribution is 6.02. The van der Waals surface area contributed by atoms with Crippen molar-refractivity contribution in [2.45, 2.75) is 96.2 Å². The molecule has 4 N–H and O–H groups in total. The van der Waals surface area contributed by atoms with Gasteiger partial charge in [-0.3, -0.25) is 24.6 Å². The molecule has 0 unspecified atom stereocenters. The SMILES string of the molecule is CC(C)(C1CCN(c2c(F)cc(N[C@H]3CCC(=O)NC3=O)cc2F)CC1)N1CCN(C(=O)COC(=O)N2CCN(c3cnc(-c4c(-c5nn(C(C)(C)C)c6ncnc(N)c56)noc4C4CC4)nc3)CC2)CC1. The number of hydrogen-bond donors (Lipinski definition) is 3. The molecule has 10 rings (SSSR count). The van der Waals surface area contributed by atoms with Crippen molar-refractivity contribution in [1.29, 1.82) is 0 Å². The number of rotatable bonds is 11. The number of ether oxygens (including phenoxy) is 1. The zero-order chi connectivity index (χ0) is 50.6. The topological polar surface area (TPSA) is 239 Å². The first-order chi connectivity index (χ1) is 34.4. The fourth-order valence-corrected chi connectivity index (χ4v) is 10.6. The minimum Gasteiger partial charge on any atom is -0.439 e. The number of benzene rings is 1. The van der Waals surface area contributed by atoms with Gasteiger partial charge in [0.15, 0.2) is 35.5 Å². The van der Waals surface area contributed by atoms with Gasteiger partial charge in [-0.05, 0) is 84.8 Å². The lowest BCUT2D eigenvalue weighted by atomic mass is 9.78. The molecule has 1 saturated carbocycles. The first kappa shape index (κ1) is 48.6. The van der Waals surface area contributed by atoms with Crippen LogP contribution in [0.15, 0.2) is 35.4 Å². The average Bonchev–Trinajstić information content (AvgIpc) is 3.98. The summed E-state index contributed by atoms with van der Waals surface area (Å²) < 4.78 is 44.1. The van der Waals surface area contributed by atoms with Crippen LogP contribution in [0.25, 0.3) is 33.8 Å². The third-order valence-electron chi connectivity index (χ3n) is 15.0. The molecule has 4 saturated heterocycles. The van der Waals surface area contributed by atoms with Gasteiger partial charge in [0.2, 0.25) is 11.8 Å². The van der Waals surface area contributed by atoms with E-state index in [0.29, 0.717) is 105 Å². The number of piperidine rings is 2. The number of anilines is 4. The van der Waals surface area contributed by atoms with E-state index in [4.69, 9.17) is 30.1 Å². The van der Waals surface area contributed by atoms with Gasteiger partial charge in [0, 0.05) is 89.0 Å². The lowest BCUT2D eigenvalue weighted by Gasteiger charge is -2.50. The Kier molecular flexibility index (Phi) is 12.9. The van der Waals surface area contributed by atoms with Crippen LogP contribution < -0.4 is 26.2 Å². The molecule has 5 aliphatic rings. The van der Waals surface area contributed by atoms with Crippen LogP contribution in [0.3, 0.4) is 0 Å². The number of aromatic nitrogens is 7. The molecule has 0 radical (unpaired) electrons. The number of amides is 4. The third kappa shape index (κ3) is 9.57. The van der Waals surface area contributed by atoms with E-state index in [9.17, 15) is 19.2 Å². The molecule has 1 aromatic carbocycles. The van der Waals surface area contributed by atoms with Crippen molar-refractivity contribution in [2.24, 2.45) is 5.92 Å². The summed E-state index contributed by atoms with van der Waals surface area (Å²) in [6.45, 7) is 15.1. The maximum atomic E-state index is 15.4. The van der Waals surface area contributed by atoms with E-state index >= 15 is 8.78 Å². The van der Waals surface area contributed by atoms with E-state index in [1.807, 2.05) is 25.5 Å². The second-order valence-corrected chi connectivity index (χ2v) is 20.9. The smallest absolute Gasteiger partial charge is 0.410 e. The monoisotopic (exact) mass is 993 g/mol. The van der Waals surface area contributed by atoms with E-state index < -0.39 is 35.2 Å². The van der Waals surface area contributed by atoms with Gasteiger partial charge in [-0.15, -0.1) is 0 Å². The predicted octanol–water partition coefficient (Wildman–Crippen LogP) is 4.75. The van der Waals surface area contributed by atoms with E-state index in [1.54, 1.807) is 27.1 Å². The molecule has 5 fully saturated rings. The van der Waals surface area contributed by atoms with E-state index in [0.717, 1.165) is 31.4 Å². The van der Waals surface area contributed by atoms with Crippen LogP contribution in [0.2, 0.25) is 0 Å². The molecule has 382 valence electrons. The molecule has 1 aliphatic carbocycles. The summed E-state index contributed by atoms with van der Waals surface area (Å²) in [6, 6.07) is 1.64. The van der Waals surface area contributed by atoms with E-state index in [-0.39, 0.29) is 65.8 Å². The molecule has 1 atom stereocenters. The first-order valence-corrected chi connectivity index (χ1v) is 24.8. The largest absolute Gasteiger partial charge is 0.439 e. The molecular formula is C49H61F2N15O6. The molecule has 4 aromatic heterocycles. The Morgan fingerprint density at radius 2 is 1.50 bits per heavy atom. The van der Waals surface area contributed by atoms with Crippen LogP contribution in [-0.4, -0.2) is 157 Å². The summed E-state index contributed by atoms with van der Waals surface area (Å²) in [5.41, 5.74) is 8.83.